The molecule has 0 saturated carbocycles. The summed E-state index contributed by atoms with van der Waals surface area (Å²) in [5.41, 5.74) is 14.7. The van der Waals surface area contributed by atoms with Gasteiger partial charge in [0.05, 0.1) is 11.4 Å². The fourth-order valence-corrected chi connectivity index (χ4v) is 9.24. The largest absolute Gasteiger partial charge is 0.453 e. The van der Waals surface area contributed by atoms with Gasteiger partial charge in [-0.2, -0.15) is 0 Å². The van der Waals surface area contributed by atoms with E-state index in [1.165, 1.54) is 54.9 Å². The lowest BCUT2D eigenvalue weighted by Crippen LogP contribution is -2.17. The second-order valence-corrected chi connectivity index (χ2v) is 15.3. The standard InChI is InChI=1S/C53H37NO/c1-53(2)46-27-12-10-24-41(46)42-31-30-37(33-47(42)53)54(48-28-13-11-22-39(48)35-16-4-3-5-17-35)49-29-15-26-44-45-32-36-19-7-9-23-40(36)50(52(45)55-51(44)49)43-25-14-20-34-18-6-8-21-38(34)43/h3-33H,1-2H3. The second kappa shape index (κ2) is 12.1. The summed E-state index contributed by atoms with van der Waals surface area (Å²) in [6.07, 6.45) is 0. The highest BCUT2D eigenvalue weighted by molar-refractivity contribution is 6.22. The molecule has 2 nitrogen and oxygen atoms in total. The number of anilines is 3. The summed E-state index contributed by atoms with van der Waals surface area (Å²) in [4.78, 5) is 2.42. The Balaban J connectivity index is 1.22. The summed E-state index contributed by atoms with van der Waals surface area (Å²) in [7, 11) is 0. The third kappa shape index (κ3) is 4.74. The molecule has 2 heteroatoms. The molecule has 11 rings (SSSR count). The van der Waals surface area contributed by atoms with Crippen molar-refractivity contribution in [3.05, 3.63) is 199 Å². The van der Waals surface area contributed by atoms with Crippen molar-refractivity contribution in [2.75, 3.05) is 4.90 Å². The van der Waals surface area contributed by atoms with Crippen LogP contribution in [0.1, 0.15) is 25.0 Å². The topological polar surface area (TPSA) is 16.4 Å². The molecule has 0 N–H and O–H groups in total. The van der Waals surface area contributed by atoms with E-state index >= 15 is 0 Å². The molecule has 0 spiro atoms. The fraction of sp³-hybridized carbons (Fsp3) is 0.0566. The molecule has 0 fully saturated rings. The van der Waals surface area contributed by atoms with Crippen molar-refractivity contribution in [2.45, 2.75) is 19.3 Å². The van der Waals surface area contributed by atoms with Crippen LogP contribution >= 0.6 is 0 Å². The van der Waals surface area contributed by atoms with Crippen molar-refractivity contribution in [1.82, 2.24) is 0 Å². The summed E-state index contributed by atoms with van der Waals surface area (Å²) in [6.45, 7) is 4.70. The molecule has 1 aliphatic rings. The van der Waals surface area contributed by atoms with Gasteiger partial charge in [0.2, 0.25) is 0 Å². The zero-order valence-corrected chi connectivity index (χ0v) is 30.8. The van der Waals surface area contributed by atoms with Gasteiger partial charge in [-0.25, -0.2) is 0 Å². The van der Waals surface area contributed by atoms with Gasteiger partial charge in [0.1, 0.15) is 5.58 Å². The molecule has 1 aromatic heterocycles. The number of furan rings is 1. The molecular weight excluding hydrogens is 667 g/mol. The van der Waals surface area contributed by atoms with Crippen LogP contribution in [0.2, 0.25) is 0 Å². The first-order valence-electron chi connectivity index (χ1n) is 19.1. The van der Waals surface area contributed by atoms with Gasteiger partial charge >= 0.3 is 0 Å². The van der Waals surface area contributed by atoms with Crippen LogP contribution in [0.25, 0.3) is 76.9 Å². The molecule has 0 saturated heterocycles. The van der Waals surface area contributed by atoms with Crippen LogP contribution in [0, 0.1) is 0 Å². The van der Waals surface area contributed by atoms with E-state index in [1.54, 1.807) is 0 Å². The molecule has 0 atom stereocenters. The third-order valence-corrected chi connectivity index (χ3v) is 11.8. The highest BCUT2D eigenvalue weighted by Crippen LogP contribution is 2.53. The Morgan fingerprint density at radius 2 is 1.02 bits per heavy atom. The fourth-order valence-electron chi connectivity index (χ4n) is 9.24. The number of hydrogen-bond donors (Lipinski definition) is 0. The number of para-hydroxylation sites is 2. The molecule has 55 heavy (non-hydrogen) atoms. The van der Waals surface area contributed by atoms with Gasteiger partial charge in [0.25, 0.3) is 0 Å². The molecule has 0 bridgehead atoms. The maximum atomic E-state index is 7.34. The average molecular weight is 704 g/mol. The summed E-state index contributed by atoms with van der Waals surface area (Å²) in [6, 6.07) is 68.2. The van der Waals surface area contributed by atoms with Gasteiger partial charge in [-0.05, 0) is 85.3 Å². The third-order valence-electron chi connectivity index (χ3n) is 11.8. The number of benzene rings is 9. The summed E-state index contributed by atoms with van der Waals surface area (Å²) in [5, 5.41) is 7.00. The number of fused-ring (bicyclic) bond motifs is 8. The van der Waals surface area contributed by atoms with Crippen molar-refractivity contribution in [3.63, 3.8) is 0 Å². The monoisotopic (exact) mass is 703 g/mol. The molecule has 1 heterocycles. The van der Waals surface area contributed by atoms with E-state index in [4.69, 9.17) is 4.42 Å². The highest BCUT2D eigenvalue weighted by Gasteiger charge is 2.36. The van der Waals surface area contributed by atoms with E-state index in [9.17, 15) is 0 Å². The van der Waals surface area contributed by atoms with Crippen LogP contribution in [0.15, 0.2) is 192 Å². The van der Waals surface area contributed by atoms with Crippen LogP contribution < -0.4 is 4.90 Å². The molecule has 260 valence electrons. The van der Waals surface area contributed by atoms with E-state index < -0.39 is 0 Å². The van der Waals surface area contributed by atoms with E-state index in [0.29, 0.717) is 0 Å². The maximum Gasteiger partial charge on any atom is 0.159 e. The maximum absolute atomic E-state index is 7.34. The van der Waals surface area contributed by atoms with Gasteiger partial charge in [0, 0.05) is 33.0 Å². The quantitative estimate of drug-likeness (QED) is 0.177. The molecule has 0 aliphatic heterocycles. The van der Waals surface area contributed by atoms with Crippen molar-refractivity contribution in [1.29, 1.82) is 0 Å². The molecule has 0 radical (unpaired) electrons. The van der Waals surface area contributed by atoms with E-state index in [1.807, 2.05) is 0 Å². The first-order chi connectivity index (χ1) is 27.1. The predicted octanol–water partition coefficient (Wildman–Crippen LogP) is 15.0. The van der Waals surface area contributed by atoms with Gasteiger partial charge in [-0.15, -0.1) is 0 Å². The minimum absolute atomic E-state index is 0.147. The van der Waals surface area contributed by atoms with Crippen LogP contribution in [0.3, 0.4) is 0 Å². The molecule has 0 amide bonds. The molecule has 10 aromatic rings. The van der Waals surface area contributed by atoms with Crippen LogP contribution in [0.4, 0.5) is 17.1 Å². The Bertz CT molecular complexity index is 3130. The van der Waals surface area contributed by atoms with Crippen LogP contribution in [0.5, 0.6) is 0 Å². The molecule has 0 unspecified atom stereocenters. The Kier molecular flexibility index (Phi) is 6.93. The van der Waals surface area contributed by atoms with Gasteiger partial charge in [-0.3, -0.25) is 0 Å². The SMILES string of the molecule is CC1(C)c2ccccc2-c2ccc(N(c3ccccc3-c3ccccc3)c3cccc4c3oc3c(-c5cccc6ccccc56)c5ccccc5cc34)cc21. The van der Waals surface area contributed by atoms with Crippen LogP contribution in [-0.2, 0) is 5.41 Å². The first-order valence-corrected chi connectivity index (χ1v) is 19.1. The minimum Gasteiger partial charge on any atom is -0.453 e. The first kappa shape index (κ1) is 31.6. The lowest BCUT2D eigenvalue weighted by molar-refractivity contribution is 0.660. The summed E-state index contributed by atoms with van der Waals surface area (Å²) in [5.74, 6) is 0. The molecule has 1 aliphatic carbocycles. The molecular formula is C53H37NO. The predicted molar refractivity (Wildman–Crippen MR) is 232 cm³/mol. The van der Waals surface area contributed by atoms with Crippen molar-refractivity contribution in [2.24, 2.45) is 0 Å². The summed E-state index contributed by atoms with van der Waals surface area (Å²) < 4.78 is 7.34. The second-order valence-electron chi connectivity index (χ2n) is 15.3. The van der Waals surface area contributed by atoms with Gasteiger partial charge < -0.3 is 9.32 Å². The number of hydrogen-bond acceptors (Lipinski definition) is 2. The van der Waals surface area contributed by atoms with E-state index in [2.05, 4.69) is 207 Å². The smallest absolute Gasteiger partial charge is 0.159 e. The Morgan fingerprint density at radius 1 is 0.400 bits per heavy atom. The van der Waals surface area contributed by atoms with E-state index in [0.717, 1.165) is 50.1 Å². The van der Waals surface area contributed by atoms with Gasteiger partial charge in [-0.1, -0.05) is 172 Å². The Hall–Kier alpha value is -6.90. The van der Waals surface area contributed by atoms with Crippen LogP contribution in [-0.4, -0.2) is 0 Å². The zero-order valence-electron chi connectivity index (χ0n) is 30.8. The average Bonchev–Trinajstić information content (AvgIpc) is 3.72. The summed E-state index contributed by atoms with van der Waals surface area (Å²) >= 11 is 0. The zero-order chi connectivity index (χ0) is 36.7. The Labute approximate surface area is 320 Å². The number of nitrogens with zero attached hydrogens (tertiary/aromatic N) is 1. The van der Waals surface area contributed by atoms with Gasteiger partial charge in [0.15, 0.2) is 5.58 Å². The number of rotatable bonds is 5. The van der Waals surface area contributed by atoms with Crippen molar-refractivity contribution >= 4 is 60.5 Å². The lowest BCUT2D eigenvalue weighted by Gasteiger charge is -2.29. The Morgan fingerprint density at radius 3 is 1.89 bits per heavy atom. The highest BCUT2D eigenvalue weighted by atomic mass is 16.3. The van der Waals surface area contributed by atoms with Crippen molar-refractivity contribution < 1.29 is 4.42 Å². The lowest BCUT2D eigenvalue weighted by atomic mass is 9.82. The van der Waals surface area contributed by atoms with Crippen molar-refractivity contribution in [3.8, 4) is 33.4 Å². The minimum atomic E-state index is -0.147. The molecule has 9 aromatic carbocycles. The van der Waals surface area contributed by atoms with E-state index in [-0.39, 0.29) is 5.41 Å². The normalized spacial score (nSPS) is 13.1.